The first-order valence-corrected chi connectivity index (χ1v) is 20.3. The number of halogens is 2. The van der Waals surface area contributed by atoms with Crippen molar-refractivity contribution in [1.82, 2.24) is 10.2 Å². The first-order valence-electron chi connectivity index (χ1n) is 19.5. The SMILES string of the molecule is C=C(OC(C)(C)C)N1Cc2cc3c(cc2C[C@H]1C(=O)N[C@@H](Cc1ccc(-c2ccc(C#N)cc2)cc1)C(=O)OC)OCC(c1ccc(OCc2ccc(Cl)c(Cl)c2)cc1)O3. The number of carbonyl (C=O) groups excluding carboxylic acids is 2. The van der Waals surface area contributed by atoms with Crippen molar-refractivity contribution in [2.75, 3.05) is 13.7 Å². The summed E-state index contributed by atoms with van der Waals surface area (Å²) in [4.78, 5) is 29.3. The number of nitrogens with zero attached hydrogens (tertiary/aromatic N) is 2. The van der Waals surface area contributed by atoms with Crippen molar-refractivity contribution in [1.29, 1.82) is 5.26 Å². The molecule has 5 aromatic carbocycles. The standard InChI is InChI=1S/C48H45Cl2N3O7/c1-29(60-48(2,3)4)53-26-37-24-44-43(58-28-45(59-44)35-15-17-38(18-16-35)57-27-32-10-19-39(49)40(50)20-32)23-36(37)22-42(53)46(54)52-41(47(55)56-5)21-30-6-11-33(12-7-30)34-13-8-31(25-51)9-14-34/h6-20,23-24,41-42,45H,1,21-22,26-28H2,2-5H3,(H,52,54)/t41-,42-,45?/m0/s1. The van der Waals surface area contributed by atoms with E-state index in [1.54, 1.807) is 24.3 Å². The molecule has 0 radical (unpaired) electrons. The number of methoxy groups -OCH3 is 1. The van der Waals surface area contributed by atoms with Crippen molar-refractivity contribution < 1.29 is 33.3 Å². The summed E-state index contributed by atoms with van der Waals surface area (Å²) in [6.07, 6.45) is 0.146. The Morgan fingerprint density at radius 1 is 0.900 bits per heavy atom. The van der Waals surface area contributed by atoms with Crippen LogP contribution in [0.15, 0.2) is 116 Å². The number of hydrogen-bond donors (Lipinski definition) is 1. The van der Waals surface area contributed by atoms with Crippen LogP contribution in [0.2, 0.25) is 10.0 Å². The maximum atomic E-state index is 14.3. The Labute approximate surface area is 360 Å². The molecule has 60 heavy (non-hydrogen) atoms. The summed E-state index contributed by atoms with van der Waals surface area (Å²) in [5.41, 5.74) is 6.42. The molecular formula is C48H45Cl2N3O7. The molecule has 2 heterocycles. The van der Waals surface area contributed by atoms with Gasteiger partial charge in [-0.05, 0) is 115 Å². The Bertz CT molecular complexity index is 2420. The largest absolute Gasteiger partial charge is 0.489 e. The van der Waals surface area contributed by atoms with Gasteiger partial charge in [0.15, 0.2) is 23.5 Å². The number of carbonyl (C=O) groups is 2. The number of ether oxygens (including phenoxy) is 5. The lowest BCUT2D eigenvalue weighted by Crippen LogP contribution is -2.54. The minimum absolute atomic E-state index is 0.211. The Hall–Kier alpha value is -6.15. The fourth-order valence-electron chi connectivity index (χ4n) is 7.21. The molecule has 3 atom stereocenters. The lowest BCUT2D eigenvalue weighted by Gasteiger charge is -2.41. The Morgan fingerprint density at radius 3 is 2.22 bits per heavy atom. The lowest BCUT2D eigenvalue weighted by atomic mass is 9.92. The third-order valence-electron chi connectivity index (χ3n) is 10.3. The van der Waals surface area contributed by atoms with Crippen LogP contribution in [0.25, 0.3) is 11.1 Å². The van der Waals surface area contributed by atoms with Gasteiger partial charge >= 0.3 is 5.97 Å². The first-order chi connectivity index (χ1) is 28.8. The molecule has 10 nitrogen and oxygen atoms in total. The lowest BCUT2D eigenvalue weighted by molar-refractivity contribution is -0.146. The maximum Gasteiger partial charge on any atom is 0.328 e. The number of rotatable bonds is 12. The molecule has 0 aliphatic carbocycles. The molecule has 1 N–H and O–H groups in total. The monoisotopic (exact) mass is 845 g/mol. The molecule has 0 spiro atoms. The number of amides is 1. The van der Waals surface area contributed by atoms with Crippen LogP contribution >= 0.6 is 23.2 Å². The van der Waals surface area contributed by atoms with Gasteiger partial charge in [-0.3, -0.25) is 4.79 Å². The summed E-state index contributed by atoms with van der Waals surface area (Å²) in [5.74, 6) is 1.26. The van der Waals surface area contributed by atoms with E-state index in [9.17, 15) is 9.59 Å². The van der Waals surface area contributed by atoms with Gasteiger partial charge in [-0.1, -0.05) is 77.8 Å². The first kappa shape index (κ1) is 42.0. The molecule has 0 saturated carbocycles. The third-order valence-corrected chi connectivity index (χ3v) is 11.0. The Morgan fingerprint density at radius 2 is 1.57 bits per heavy atom. The van der Waals surface area contributed by atoms with Gasteiger partial charge in [-0.25, -0.2) is 4.79 Å². The van der Waals surface area contributed by atoms with Crippen LogP contribution in [-0.2, 0) is 45.1 Å². The molecule has 308 valence electrons. The summed E-state index contributed by atoms with van der Waals surface area (Å²) < 4.78 is 30.1. The maximum absolute atomic E-state index is 14.3. The fourth-order valence-corrected chi connectivity index (χ4v) is 7.53. The van der Waals surface area contributed by atoms with E-state index in [2.05, 4.69) is 18.0 Å². The van der Waals surface area contributed by atoms with E-state index in [1.807, 2.05) is 105 Å². The summed E-state index contributed by atoms with van der Waals surface area (Å²) in [7, 11) is 1.30. The second-order valence-electron chi connectivity index (χ2n) is 15.7. The highest BCUT2D eigenvalue weighted by molar-refractivity contribution is 6.42. The highest BCUT2D eigenvalue weighted by atomic mass is 35.5. The molecular weight excluding hydrogens is 801 g/mol. The average Bonchev–Trinajstić information content (AvgIpc) is 3.24. The smallest absolute Gasteiger partial charge is 0.328 e. The van der Waals surface area contributed by atoms with Crippen molar-refractivity contribution >= 4 is 35.1 Å². The molecule has 1 unspecified atom stereocenters. The normalized spacial score (nSPS) is 16.1. The zero-order valence-electron chi connectivity index (χ0n) is 33.8. The molecule has 0 fully saturated rings. The zero-order valence-corrected chi connectivity index (χ0v) is 35.3. The van der Waals surface area contributed by atoms with E-state index in [4.69, 9.17) is 52.1 Å². The van der Waals surface area contributed by atoms with E-state index in [0.717, 1.165) is 38.9 Å². The number of nitriles is 1. The van der Waals surface area contributed by atoms with Crippen LogP contribution in [0.1, 0.15) is 60.3 Å². The minimum atomic E-state index is -0.955. The second kappa shape index (κ2) is 18.0. The van der Waals surface area contributed by atoms with E-state index in [1.165, 1.54) is 7.11 Å². The highest BCUT2D eigenvalue weighted by Crippen LogP contribution is 2.41. The van der Waals surface area contributed by atoms with Crippen LogP contribution in [0, 0.1) is 11.3 Å². The van der Waals surface area contributed by atoms with Gasteiger partial charge in [0, 0.05) is 19.4 Å². The number of fused-ring (bicyclic) bond motifs is 2. The van der Waals surface area contributed by atoms with E-state index < -0.39 is 23.7 Å². The number of benzene rings is 5. The molecule has 2 aliphatic rings. The molecule has 0 aromatic heterocycles. The van der Waals surface area contributed by atoms with Gasteiger partial charge in [-0.2, -0.15) is 5.26 Å². The van der Waals surface area contributed by atoms with Crippen LogP contribution in [0.5, 0.6) is 17.2 Å². The molecule has 0 bridgehead atoms. The van der Waals surface area contributed by atoms with Gasteiger partial charge in [0.1, 0.15) is 36.6 Å². The van der Waals surface area contributed by atoms with Gasteiger partial charge in [-0.15, -0.1) is 0 Å². The van der Waals surface area contributed by atoms with Crippen LogP contribution in [0.3, 0.4) is 0 Å². The van der Waals surface area contributed by atoms with Gasteiger partial charge in [0.25, 0.3) is 0 Å². The number of hydrogen-bond acceptors (Lipinski definition) is 9. The molecule has 12 heteroatoms. The van der Waals surface area contributed by atoms with Gasteiger partial charge in [0.05, 0.1) is 28.8 Å². The van der Waals surface area contributed by atoms with Crippen molar-refractivity contribution in [2.24, 2.45) is 0 Å². The van der Waals surface area contributed by atoms with Crippen molar-refractivity contribution in [3.05, 3.63) is 159 Å². The van der Waals surface area contributed by atoms with Crippen LogP contribution in [-0.4, -0.2) is 48.2 Å². The average molecular weight is 847 g/mol. The van der Waals surface area contributed by atoms with E-state index >= 15 is 0 Å². The molecule has 7 rings (SSSR count). The second-order valence-corrected chi connectivity index (χ2v) is 16.5. The van der Waals surface area contributed by atoms with Crippen molar-refractivity contribution in [3.8, 4) is 34.4 Å². The molecule has 2 aliphatic heterocycles. The third kappa shape index (κ3) is 9.99. The topological polar surface area (TPSA) is 119 Å². The summed E-state index contributed by atoms with van der Waals surface area (Å²) in [5, 5.41) is 13.1. The predicted octanol–water partition coefficient (Wildman–Crippen LogP) is 9.54. The van der Waals surface area contributed by atoms with Gasteiger partial charge in [0.2, 0.25) is 5.91 Å². The summed E-state index contributed by atoms with van der Waals surface area (Å²) >= 11 is 12.2. The van der Waals surface area contributed by atoms with Crippen LogP contribution in [0.4, 0.5) is 0 Å². The van der Waals surface area contributed by atoms with Crippen molar-refractivity contribution in [3.63, 3.8) is 0 Å². The van der Waals surface area contributed by atoms with Crippen molar-refractivity contribution in [2.45, 2.75) is 70.6 Å². The fraction of sp³-hybridized carbons (Fsp3) is 0.271. The minimum Gasteiger partial charge on any atom is -0.489 e. The van der Waals surface area contributed by atoms with E-state index in [0.29, 0.717) is 58.3 Å². The quantitative estimate of drug-likeness (QED) is 0.0968. The summed E-state index contributed by atoms with van der Waals surface area (Å²) in [6.45, 7) is 10.9. The number of esters is 1. The summed E-state index contributed by atoms with van der Waals surface area (Å²) in [6, 6.07) is 32.4. The number of nitrogens with one attached hydrogen (secondary N) is 1. The molecule has 1 amide bonds. The van der Waals surface area contributed by atoms with Crippen LogP contribution < -0.4 is 19.5 Å². The zero-order chi connectivity index (χ0) is 42.6. The predicted molar refractivity (Wildman–Crippen MR) is 230 cm³/mol. The Balaban J connectivity index is 1.05. The molecule has 5 aromatic rings. The van der Waals surface area contributed by atoms with E-state index in [-0.39, 0.29) is 25.0 Å². The van der Waals surface area contributed by atoms with Gasteiger partial charge < -0.3 is 33.9 Å². The Kier molecular flexibility index (Phi) is 12.6. The highest BCUT2D eigenvalue weighted by Gasteiger charge is 2.38. The molecule has 0 saturated heterocycles.